The standard InChI is InChI=1S/C16H21N3/c1-11-5-7-14(8-6-11)9-16-18-10-15(12(2)17-4)13(3)19-16/h5-8,10,12,17H,9H2,1-4H3. The molecule has 0 fully saturated rings. The topological polar surface area (TPSA) is 37.8 Å². The second-order valence-corrected chi connectivity index (χ2v) is 5.00. The van der Waals surface area contributed by atoms with Gasteiger partial charge in [-0.05, 0) is 33.4 Å². The lowest BCUT2D eigenvalue weighted by Gasteiger charge is -2.13. The van der Waals surface area contributed by atoms with Gasteiger partial charge in [0.05, 0.1) is 0 Å². The van der Waals surface area contributed by atoms with Gasteiger partial charge in [-0.25, -0.2) is 9.97 Å². The molecule has 0 radical (unpaired) electrons. The molecule has 0 amide bonds. The van der Waals surface area contributed by atoms with E-state index in [1.165, 1.54) is 11.1 Å². The predicted molar refractivity (Wildman–Crippen MR) is 78.2 cm³/mol. The molecular formula is C16H21N3. The number of hydrogen-bond acceptors (Lipinski definition) is 3. The first-order chi connectivity index (χ1) is 9.10. The van der Waals surface area contributed by atoms with Gasteiger partial charge >= 0.3 is 0 Å². The van der Waals surface area contributed by atoms with E-state index in [0.29, 0.717) is 0 Å². The maximum absolute atomic E-state index is 4.61. The maximum Gasteiger partial charge on any atom is 0.132 e. The number of rotatable bonds is 4. The summed E-state index contributed by atoms with van der Waals surface area (Å²) in [6, 6.07) is 8.81. The number of hydrogen-bond donors (Lipinski definition) is 1. The highest BCUT2D eigenvalue weighted by molar-refractivity contribution is 5.25. The van der Waals surface area contributed by atoms with Gasteiger partial charge in [-0.3, -0.25) is 0 Å². The van der Waals surface area contributed by atoms with Gasteiger partial charge in [0.25, 0.3) is 0 Å². The van der Waals surface area contributed by atoms with Crippen LogP contribution in [0.2, 0.25) is 0 Å². The monoisotopic (exact) mass is 255 g/mol. The van der Waals surface area contributed by atoms with Crippen molar-refractivity contribution in [1.82, 2.24) is 15.3 Å². The zero-order chi connectivity index (χ0) is 13.8. The van der Waals surface area contributed by atoms with E-state index in [1.807, 2.05) is 20.2 Å². The highest BCUT2D eigenvalue weighted by atomic mass is 14.9. The lowest BCUT2D eigenvalue weighted by molar-refractivity contribution is 0.638. The molecule has 1 unspecified atom stereocenters. The van der Waals surface area contributed by atoms with E-state index < -0.39 is 0 Å². The van der Waals surface area contributed by atoms with Gasteiger partial charge in [0.15, 0.2) is 0 Å². The maximum atomic E-state index is 4.61. The molecular weight excluding hydrogens is 234 g/mol. The van der Waals surface area contributed by atoms with E-state index >= 15 is 0 Å². The Hall–Kier alpha value is -1.74. The van der Waals surface area contributed by atoms with Crippen molar-refractivity contribution in [2.45, 2.75) is 33.2 Å². The van der Waals surface area contributed by atoms with Crippen LogP contribution < -0.4 is 5.32 Å². The Morgan fingerprint density at radius 1 is 1.16 bits per heavy atom. The Bertz CT molecular complexity index is 546. The smallest absolute Gasteiger partial charge is 0.132 e. The Kier molecular flexibility index (Phi) is 4.27. The van der Waals surface area contributed by atoms with Crippen LogP contribution >= 0.6 is 0 Å². The summed E-state index contributed by atoms with van der Waals surface area (Å²) in [6.07, 6.45) is 2.72. The summed E-state index contributed by atoms with van der Waals surface area (Å²) in [4.78, 5) is 9.08. The van der Waals surface area contributed by atoms with Crippen LogP contribution in [-0.4, -0.2) is 17.0 Å². The molecule has 2 rings (SSSR count). The summed E-state index contributed by atoms with van der Waals surface area (Å²) < 4.78 is 0. The van der Waals surface area contributed by atoms with E-state index in [0.717, 1.165) is 23.5 Å². The summed E-state index contributed by atoms with van der Waals surface area (Å²) in [5, 5.41) is 3.22. The first-order valence-corrected chi connectivity index (χ1v) is 6.65. The molecule has 100 valence electrons. The molecule has 3 nitrogen and oxygen atoms in total. The number of nitrogens with zero attached hydrogens (tertiary/aromatic N) is 2. The molecule has 0 aliphatic heterocycles. The van der Waals surface area contributed by atoms with Crippen LogP contribution in [0.25, 0.3) is 0 Å². The van der Waals surface area contributed by atoms with E-state index in [1.54, 1.807) is 0 Å². The molecule has 0 saturated heterocycles. The van der Waals surface area contributed by atoms with Gasteiger partial charge in [0.1, 0.15) is 5.82 Å². The highest BCUT2D eigenvalue weighted by Crippen LogP contribution is 2.15. The molecule has 0 spiro atoms. The quantitative estimate of drug-likeness (QED) is 0.912. The van der Waals surface area contributed by atoms with Crippen LogP contribution in [0.3, 0.4) is 0 Å². The molecule has 0 aliphatic rings. The van der Waals surface area contributed by atoms with Gasteiger partial charge in [0.2, 0.25) is 0 Å². The van der Waals surface area contributed by atoms with Crippen molar-refractivity contribution < 1.29 is 0 Å². The molecule has 2 aromatic rings. The largest absolute Gasteiger partial charge is 0.313 e. The van der Waals surface area contributed by atoms with Crippen molar-refractivity contribution in [2.75, 3.05) is 7.05 Å². The van der Waals surface area contributed by atoms with Crippen LogP contribution in [0.5, 0.6) is 0 Å². The van der Waals surface area contributed by atoms with Crippen LogP contribution in [0.4, 0.5) is 0 Å². The lowest BCUT2D eigenvalue weighted by Crippen LogP contribution is -2.15. The zero-order valence-electron chi connectivity index (χ0n) is 12.1. The molecule has 0 bridgehead atoms. The van der Waals surface area contributed by atoms with E-state index in [4.69, 9.17) is 0 Å². The third-order valence-corrected chi connectivity index (χ3v) is 3.45. The van der Waals surface area contributed by atoms with Crippen LogP contribution in [0.15, 0.2) is 30.5 Å². The second kappa shape index (κ2) is 5.93. The van der Waals surface area contributed by atoms with Gasteiger partial charge in [-0.15, -0.1) is 0 Å². The SMILES string of the molecule is CNC(C)c1cnc(Cc2ccc(C)cc2)nc1C. The van der Waals surface area contributed by atoms with Crippen molar-refractivity contribution in [3.63, 3.8) is 0 Å². The van der Waals surface area contributed by atoms with E-state index in [9.17, 15) is 0 Å². The molecule has 19 heavy (non-hydrogen) atoms. The fraction of sp³-hybridized carbons (Fsp3) is 0.375. The molecule has 1 heterocycles. The molecule has 0 saturated carbocycles. The Balaban J connectivity index is 2.18. The van der Waals surface area contributed by atoms with Gasteiger partial charge in [-0.1, -0.05) is 29.8 Å². The minimum absolute atomic E-state index is 0.286. The normalized spacial score (nSPS) is 12.4. The third kappa shape index (κ3) is 3.38. The van der Waals surface area contributed by atoms with Crippen LogP contribution in [-0.2, 0) is 6.42 Å². The minimum atomic E-state index is 0.286. The van der Waals surface area contributed by atoms with E-state index in [-0.39, 0.29) is 6.04 Å². The number of benzene rings is 1. The minimum Gasteiger partial charge on any atom is -0.313 e. The summed E-state index contributed by atoms with van der Waals surface area (Å²) in [6.45, 7) is 6.26. The number of aryl methyl sites for hydroxylation is 2. The van der Waals surface area contributed by atoms with Crippen molar-refractivity contribution >= 4 is 0 Å². The zero-order valence-corrected chi connectivity index (χ0v) is 12.1. The first kappa shape index (κ1) is 13.7. The van der Waals surface area contributed by atoms with E-state index in [2.05, 4.69) is 53.4 Å². The number of aromatic nitrogens is 2. The lowest BCUT2D eigenvalue weighted by atomic mass is 10.1. The third-order valence-electron chi connectivity index (χ3n) is 3.45. The number of nitrogens with one attached hydrogen (secondary N) is 1. The Morgan fingerprint density at radius 2 is 1.84 bits per heavy atom. The van der Waals surface area contributed by atoms with Crippen molar-refractivity contribution in [3.8, 4) is 0 Å². The van der Waals surface area contributed by atoms with Gasteiger partial charge in [-0.2, -0.15) is 0 Å². The summed E-state index contributed by atoms with van der Waals surface area (Å²) in [5.74, 6) is 0.883. The molecule has 1 atom stereocenters. The predicted octanol–water partition coefficient (Wildman–Crippen LogP) is 2.96. The summed E-state index contributed by atoms with van der Waals surface area (Å²) in [7, 11) is 1.95. The summed E-state index contributed by atoms with van der Waals surface area (Å²) in [5.41, 5.74) is 4.74. The van der Waals surface area contributed by atoms with Gasteiger partial charge < -0.3 is 5.32 Å². The molecule has 0 aliphatic carbocycles. The van der Waals surface area contributed by atoms with Gasteiger partial charge in [0, 0.05) is 29.9 Å². The second-order valence-electron chi connectivity index (χ2n) is 5.00. The first-order valence-electron chi connectivity index (χ1n) is 6.65. The summed E-state index contributed by atoms with van der Waals surface area (Å²) >= 11 is 0. The van der Waals surface area contributed by atoms with Crippen LogP contribution in [0.1, 0.15) is 41.2 Å². The Morgan fingerprint density at radius 3 is 2.42 bits per heavy atom. The Labute approximate surface area is 115 Å². The molecule has 3 heteroatoms. The fourth-order valence-corrected chi connectivity index (χ4v) is 2.08. The molecule has 1 aromatic carbocycles. The molecule has 1 N–H and O–H groups in total. The van der Waals surface area contributed by atoms with Crippen molar-refractivity contribution in [3.05, 3.63) is 58.7 Å². The average molecular weight is 255 g/mol. The van der Waals surface area contributed by atoms with Crippen molar-refractivity contribution in [1.29, 1.82) is 0 Å². The molecule has 1 aromatic heterocycles. The highest BCUT2D eigenvalue weighted by Gasteiger charge is 2.09. The van der Waals surface area contributed by atoms with Crippen LogP contribution in [0, 0.1) is 13.8 Å². The van der Waals surface area contributed by atoms with Crippen molar-refractivity contribution in [2.24, 2.45) is 0 Å². The average Bonchev–Trinajstić information content (AvgIpc) is 2.41. The fourth-order valence-electron chi connectivity index (χ4n) is 2.08.